The number of hydrogen-bond acceptors (Lipinski definition) is 3. The lowest BCUT2D eigenvalue weighted by molar-refractivity contribution is -0.127. The van der Waals surface area contributed by atoms with E-state index in [1.165, 1.54) is 0 Å². The summed E-state index contributed by atoms with van der Waals surface area (Å²) in [7, 11) is 0. The number of amides is 2. The molecule has 1 aromatic rings. The summed E-state index contributed by atoms with van der Waals surface area (Å²) in [4.78, 5) is 23.5. The highest BCUT2D eigenvalue weighted by Crippen LogP contribution is 2.16. The van der Waals surface area contributed by atoms with Gasteiger partial charge in [-0.1, -0.05) is 17.7 Å². The van der Waals surface area contributed by atoms with Crippen LogP contribution in [0.5, 0.6) is 0 Å². The standard InChI is InChI=1S/C14H19N3O2/c1-9-3-4-11(10(2)7-9)17-13(18)8-12-14(19)16-6-5-15-12/h3-4,7,12,15H,5-6,8H2,1-2H3,(H,16,19)(H,17,18). The van der Waals surface area contributed by atoms with Crippen LogP contribution in [-0.2, 0) is 9.59 Å². The van der Waals surface area contributed by atoms with Gasteiger partial charge in [-0.25, -0.2) is 0 Å². The number of hydrogen-bond donors (Lipinski definition) is 3. The number of benzene rings is 1. The van der Waals surface area contributed by atoms with Gasteiger partial charge >= 0.3 is 0 Å². The fraction of sp³-hybridized carbons (Fsp3) is 0.429. The quantitative estimate of drug-likeness (QED) is 0.751. The normalized spacial score (nSPS) is 18.8. The Morgan fingerprint density at radius 1 is 1.37 bits per heavy atom. The van der Waals surface area contributed by atoms with E-state index in [1.807, 2.05) is 32.0 Å². The first-order chi connectivity index (χ1) is 9.06. The third-order valence-corrected chi connectivity index (χ3v) is 3.18. The van der Waals surface area contributed by atoms with Crippen molar-refractivity contribution in [2.45, 2.75) is 26.3 Å². The number of nitrogens with one attached hydrogen (secondary N) is 3. The van der Waals surface area contributed by atoms with Crippen molar-refractivity contribution in [3.63, 3.8) is 0 Å². The van der Waals surface area contributed by atoms with Gasteiger partial charge in [0.25, 0.3) is 0 Å². The van der Waals surface area contributed by atoms with E-state index in [9.17, 15) is 9.59 Å². The Bertz CT molecular complexity index is 499. The molecule has 5 heteroatoms. The summed E-state index contributed by atoms with van der Waals surface area (Å²) >= 11 is 0. The van der Waals surface area contributed by atoms with Gasteiger partial charge in [0.15, 0.2) is 0 Å². The van der Waals surface area contributed by atoms with E-state index in [4.69, 9.17) is 0 Å². The maximum absolute atomic E-state index is 11.9. The summed E-state index contributed by atoms with van der Waals surface area (Å²) in [5.41, 5.74) is 2.98. The number of piperazine rings is 1. The van der Waals surface area contributed by atoms with Gasteiger partial charge in [-0.3, -0.25) is 9.59 Å². The van der Waals surface area contributed by atoms with Crippen LogP contribution in [0.4, 0.5) is 5.69 Å². The third kappa shape index (κ3) is 3.54. The molecule has 1 saturated heterocycles. The number of aryl methyl sites for hydroxylation is 2. The second-order valence-electron chi connectivity index (χ2n) is 4.87. The molecule has 0 bridgehead atoms. The number of carbonyl (C=O) groups is 2. The molecule has 5 nitrogen and oxygen atoms in total. The molecule has 1 aliphatic rings. The second-order valence-corrected chi connectivity index (χ2v) is 4.87. The van der Waals surface area contributed by atoms with E-state index in [-0.39, 0.29) is 18.2 Å². The van der Waals surface area contributed by atoms with Gasteiger partial charge in [0.05, 0.1) is 12.5 Å². The van der Waals surface area contributed by atoms with E-state index in [1.54, 1.807) is 0 Å². The molecular formula is C14H19N3O2. The summed E-state index contributed by atoms with van der Waals surface area (Å²) in [5, 5.41) is 8.62. The lowest BCUT2D eigenvalue weighted by Gasteiger charge is -2.23. The van der Waals surface area contributed by atoms with Crippen molar-refractivity contribution in [1.29, 1.82) is 0 Å². The minimum atomic E-state index is -0.431. The zero-order valence-electron chi connectivity index (χ0n) is 11.2. The predicted molar refractivity (Wildman–Crippen MR) is 74.0 cm³/mol. The summed E-state index contributed by atoms with van der Waals surface area (Å²) in [5.74, 6) is -0.261. The van der Waals surface area contributed by atoms with Crippen LogP contribution in [0.2, 0.25) is 0 Å². The molecule has 1 heterocycles. The van der Waals surface area contributed by atoms with Gasteiger partial charge in [-0.2, -0.15) is 0 Å². The molecule has 0 aliphatic carbocycles. The molecular weight excluding hydrogens is 242 g/mol. The Hall–Kier alpha value is -1.88. The molecule has 2 amide bonds. The molecule has 102 valence electrons. The van der Waals surface area contributed by atoms with Gasteiger partial charge < -0.3 is 16.0 Å². The number of anilines is 1. The molecule has 0 radical (unpaired) electrons. The third-order valence-electron chi connectivity index (χ3n) is 3.18. The van der Waals surface area contributed by atoms with Crippen molar-refractivity contribution in [1.82, 2.24) is 10.6 Å². The first kappa shape index (κ1) is 13.5. The minimum absolute atomic E-state index is 0.109. The Morgan fingerprint density at radius 3 is 2.84 bits per heavy atom. The molecule has 19 heavy (non-hydrogen) atoms. The highest BCUT2D eigenvalue weighted by Gasteiger charge is 2.24. The molecule has 1 unspecified atom stereocenters. The summed E-state index contributed by atoms with van der Waals surface area (Å²) < 4.78 is 0. The van der Waals surface area contributed by atoms with Crippen LogP contribution >= 0.6 is 0 Å². The maximum atomic E-state index is 11.9. The molecule has 1 aromatic carbocycles. The fourth-order valence-electron chi connectivity index (χ4n) is 2.15. The van der Waals surface area contributed by atoms with Crippen LogP contribution in [0.25, 0.3) is 0 Å². The smallest absolute Gasteiger partial charge is 0.237 e. The number of carbonyl (C=O) groups excluding carboxylic acids is 2. The summed E-state index contributed by atoms with van der Waals surface area (Å²) in [6.45, 7) is 5.28. The van der Waals surface area contributed by atoms with Crippen LogP contribution in [0.1, 0.15) is 17.5 Å². The minimum Gasteiger partial charge on any atom is -0.353 e. The Morgan fingerprint density at radius 2 is 2.16 bits per heavy atom. The maximum Gasteiger partial charge on any atom is 0.237 e. The fourth-order valence-corrected chi connectivity index (χ4v) is 2.15. The SMILES string of the molecule is Cc1ccc(NC(=O)CC2NCCNC2=O)c(C)c1. The predicted octanol–water partition coefficient (Wildman–Crippen LogP) is 0.720. The van der Waals surface area contributed by atoms with E-state index in [0.29, 0.717) is 13.1 Å². The average molecular weight is 261 g/mol. The summed E-state index contributed by atoms with van der Waals surface area (Å²) in [6.07, 6.45) is 0.152. The van der Waals surface area contributed by atoms with Crippen molar-refractivity contribution < 1.29 is 9.59 Å². The van der Waals surface area contributed by atoms with Gasteiger partial charge in [0, 0.05) is 18.8 Å². The van der Waals surface area contributed by atoms with E-state index in [2.05, 4.69) is 16.0 Å². The Kier molecular flexibility index (Phi) is 4.16. The van der Waals surface area contributed by atoms with Crippen LogP contribution in [0.3, 0.4) is 0 Å². The van der Waals surface area contributed by atoms with Crippen molar-refractivity contribution in [2.75, 3.05) is 18.4 Å². The first-order valence-electron chi connectivity index (χ1n) is 6.44. The molecule has 3 N–H and O–H groups in total. The van der Waals surface area contributed by atoms with Crippen molar-refractivity contribution in [3.05, 3.63) is 29.3 Å². The second kappa shape index (κ2) is 5.84. The van der Waals surface area contributed by atoms with Crippen LogP contribution in [-0.4, -0.2) is 30.9 Å². The van der Waals surface area contributed by atoms with Crippen molar-refractivity contribution >= 4 is 17.5 Å². The average Bonchev–Trinajstić information content (AvgIpc) is 2.36. The summed E-state index contributed by atoms with van der Waals surface area (Å²) in [6, 6.07) is 5.42. The largest absolute Gasteiger partial charge is 0.353 e. The van der Waals surface area contributed by atoms with Gasteiger partial charge in [0.1, 0.15) is 0 Å². The van der Waals surface area contributed by atoms with E-state index in [0.717, 1.165) is 16.8 Å². The monoisotopic (exact) mass is 261 g/mol. The van der Waals surface area contributed by atoms with Crippen molar-refractivity contribution in [2.24, 2.45) is 0 Å². The van der Waals surface area contributed by atoms with Crippen LogP contribution in [0.15, 0.2) is 18.2 Å². The highest BCUT2D eigenvalue weighted by molar-refractivity contribution is 5.96. The molecule has 0 aromatic heterocycles. The van der Waals surface area contributed by atoms with E-state index < -0.39 is 6.04 Å². The Balaban J connectivity index is 1.95. The van der Waals surface area contributed by atoms with Gasteiger partial charge in [0.2, 0.25) is 11.8 Å². The molecule has 1 aliphatic heterocycles. The van der Waals surface area contributed by atoms with E-state index >= 15 is 0 Å². The first-order valence-corrected chi connectivity index (χ1v) is 6.44. The Labute approximate surface area is 112 Å². The topological polar surface area (TPSA) is 70.2 Å². The zero-order valence-corrected chi connectivity index (χ0v) is 11.2. The highest BCUT2D eigenvalue weighted by atomic mass is 16.2. The molecule has 0 saturated carbocycles. The van der Waals surface area contributed by atoms with Crippen molar-refractivity contribution in [3.8, 4) is 0 Å². The van der Waals surface area contributed by atoms with Crippen LogP contribution in [0, 0.1) is 13.8 Å². The van der Waals surface area contributed by atoms with Gasteiger partial charge in [-0.05, 0) is 25.5 Å². The van der Waals surface area contributed by atoms with Crippen LogP contribution < -0.4 is 16.0 Å². The van der Waals surface area contributed by atoms with Gasteiger partial charge in [-0.15, -0.1) is 0 Å². The lowest BCUT2D eigenvalue weighted by Crippen LogP contribution is -2.53. The lowest BCUT2D eigenvalue weighted by atomic mass is 10.1. The number of rotatable bonds is 3. The molecule has 2 rings (SSSR count). The zero-order chi connectivity index (χ0) is 13.8. The molecule has 1 atom stereocenters. The molecule has 0 spiro atoms. The molecule has 1 fully saturated rings.